The highest BCUT2D eigenvalue weighted by molar-refractivity contribution is 9.10. The van der Waals surface area contributed by atoms with Crippen LogP contribution in [0.3, 0.4) is 0 Å². The van der Waals surface area contributed by atoms with Gasteiger partial charge in [-0.05, 0) is 46.5 Å². The number of carbonyl (C=O) groups is 1. The van der Waals surface area contributed by atoms with Gasteiger partial charge in [0.1, 0.15) is 0 Å². The molecular weight excluding hydrogens is 342 g/mol. The fraction of sp³-hybridized carbons (Fsp3) is 0.333. The molecule has 0 saturated carbocycles. The number of benzene rings is 1. The Morgan fingerprint density at radius 2 is 2.00 bits per heavy atom. The van der Waals surface area contributed by atoms with Crippen molar-refractivity contribution in [2.45, 2.75) is 39.0 Å². The maximum Gasteiger partial charge on any atom is 0.344 e. The lowest BCUT2D eigenvalue weighted by Crippen LogP contribution is -2.09. The lowest BCUT2D eigenvalue weighted by atomic mass is 10.0. The Hall–Kier alpha value is -1.68. The van der Waals surface area contributed by atoms with Crippen molar-refractivity contribution in [3.05, 3.63) is 58.2 Å². The van der Waals surface area contributed by atoms with E-state index in [2.05, 4.69) is 33.9 Å². The Morgan fingerprint density at radius 1 is 1.23 bits per heavy atom. The van der Waals surface area contributed by atoms with Crippen LogP contribution in [0.15, 0.2) is 41.0 Å². The first-order valence-corrected chi connectivity index (χ1v) is 8.32. The van der Waals surface area contributed by atoms with Crippen molar-refractivity contribution in [3.63, 3.8) is 0 Å². The summed E-state index contributed by atoms with van der Waals surface area (Å²) in [5.74, 6) is -0.155. The van der Waals surface area contributed by atoms with Crippen LogP contribution < -0.4 is 4.74 Å². The van der Waals surface area contributed by atoms with Crippen LogP contribution in [0.25, 0.3) is 0 Å². The Balaban J connectivity index is 1.89. The predicted octanol–water partition coefficient (Wildman–Crippen LogP) is 4.99. The first kappa shape index (κ1) is 16.7. The van der Waals surface area contributed by atoms with Crippen LogP contribution in [-0.4, -0.2) is 11.0 Å². The van der Waals surface area contributed by atoms with Crippen LogP contribution in [-0.2, 0) is 6.42 Å². The van der Waals surface area contributed by atoms with Crippen LogP contribution in [0, 0.1) is 6.07 Å². The van der Waals surface area contributed by atoms with Gasteiger partial charge in [0.15, 0.2) is 0 Å². The van der Waals surface area contributed by atoms with Gasteiger partial charge < -0.3 is 4.74 Å². The molecule has 115 valence electrons. The third kappa shape index (κ3) is 5.26. The van der Waals surface area contributed by atoms with Crippen LogP contribution in [0.4, 0.5) is 0 Å². The standard InChI is InChI=1S/C18H19BrNO2/c1-2-3-4-5-6-14-7-9-15(10-8-14)18(21)22-17-12-11-16(19)13-20-17/h7-10,12-13H,2-6H2,1H3. The van der Waals surface area contributed by atoms with Gasteiger partial charge in [-0.3, -0.25) is 0 Å². The zero-order valence-electron chi connectivity index (χ0n) is 12.6. The number of ether oxygens (including phenoxy) is 1. The minimum Gasteiger partial charge on any atom is -0.404 e. The summed E-state index contributed by atoms with van der Waals surface area (Å²) in [6, 6.07) is 12.0. The Bertz CT molecular complexity index is 593. The summed E-state index contributed by atoms with van der Waals surface area (Å²) < 4.78 is 5.93. The molecule has 2 aromatic rings. The summed E-state index contributed by atoms with van der Waals surface area (Å²) in [6.07, 6.45) is 7.57. The monoisotopic (exact) mass is 360 g/mol. The summed E-state index contributed by atoms with van der Waals surface area (Å²) in [5.41, 5.74) is 1.78. The Morgan fingerprint density at radius 3 is 2.64 bits per heavy atom. The van der Waals surface area contributed by atoms with E-state index in [4.69, 9.17) is 4.74 Å². The fourth-order valence-electron chi connectivity index (χ4n) is 2.10. The molecule has 0 saturated heterocycles. The number of rotatable bonds is 7. The lowest BCUT2D eigenvalue weighted by Gasteiger charge is -2.05. The molecule has 0 aliphatic heterocycles. The van der Waals surface area contributed by atoms with Gasteiger partial charge in [-0.1, -0.05) is 38.3 Å². The highest BCUT2D eigenvalue weighted by atomic mass is 79.9. The molecule has 0 aliphatic carbocycles. The summed E-state index contributed by atoms with van der Waals surface area (Å²) in [6.45, 7) is 2.21. The number of nitrogens with zero attached hydrogens (tertiary/aromatic N) is 1. The summed E-state index contributed by atoms with van der Waals surface area (Å²) in [5, 5.41) is 0. The summed E-state index contributed by atoms with van der Waals surface area (Å²) in [4.78, 5) is 16.0. The van der Waals surface area contributed by atoms with E-state index < -0.39 is 5.97 Å². The Labute approximate surface area is 139 Å². The number of unbranched alkanes of at least 4 members (excludes halogenated alkanes) is 3. The van der Waals surface area contributed by atoms with Crippen LogP contribution in [0.1, 0.15) is 48.5 Å². The largest absolute Gasteiger partial charge is 0.404 e. The molecule has 0 spiro atoms. The molecule has 0 fully saturated rings. The average molecular weight is 361 g/mol. The van der Waals surface area contributed by atoms with Crippen molar-refractivity contribution >= 4 is 21.9 Å². The molecule has 22 heavy (non-hydrogen) atoms. The third-order valence-corrected chi connectivity index (χ3v) is 3.78. The maximum absolute atomic E-state index is 12.0. The molecule has 0 N–H and O–H groups in total. The second-order valence-electron chi connectivity index (χ2n) is 5.13. The molecule has 0 amide bonds. The van der Waals surface area contributed by atoms with Gasteiger partial charge >= 0.3 is 5.97 Å². The predicted molar refractivity (Wildman–Crippen MR) is 90.0 cm³/mol. The number of aromatic nitrogens is 1. The van der Waals surface area contributed by atoms with Gasteiger partial charge in [0.2, 0.25) is 5.88 Å². The van der Waals surface area contributed by atoms with E-state index in [1.807, 2.05) is 12.1 Å². The van der Waals surface area contributed by atoms with E-state index >= 15 is 0 Å². The smallest absolute Gasteiger partial charge is 0.344 e. The molecule has 1 aromatic heterocycles. The molecule has 0 atom stereocenters. The molecule has 1 heterocycles. The molecule has 0 bridgehead atoms. The number of hydrogen-bond donors (Lipinski definition) is 0. The van der Waals surface area contributed by atoms with Crippen molar-refractivity contribution in [1.29, 1.82) is 0 Å². The molecule has 1 radical (unpaired) electrons. The molecule has 3 nitrogen and oxygen atoms in total. The molecule has 1 aromatic carbocycles. The van der Waals surface area contributed by atoms with Crippen molar-refractivity contribution in [2.75, 3.05) is 0 Å². The van der Waals surface area contributed by atoms with E-state index in [1.165, 1.54) is 37.3 Å². The molecule has 4 heteroatoms. The zero-order chi connectivity index (χ0) is 15.8. The SMILES string of the molecule is CCCCCCc1ccc(C(=O)Oc2c[c]c(Br)cn2)cc1. The highest BCUT2D eigenvalue weighted by Crippen LogP contribution is 2.14. The van der Waals surface area contributed by atoms with Gasteiger partial charge in [-0.25, -0.2) is 9.78 Å². The van der Waals surface area contributed by atoms with Crippen molar-refractivity contribution < 1.29 is 9.53 Å². The van der Waals surface area contributed by atoms with Gasteiger partial charge in [-0.2, -0.15) is 0 Å². The van der Waals surface area contributed by atoms with E-state index in [9.17, 15) is 4.79 Å². The van der Waals surface area contributed by atoms with Gasteiger partial charge in [0.25, 0.3) is 0 Å². The molecular formula is C18H19BrNO2. The summed E-state index contributed by atoms with van der Waals surface area (Å²) in [7, 11) is 0. The van der Waals surface area contributed by atoms with Gasteiger partial charge in [0.05, 0.1) is 5.56 Å². The van der Waals surface area contributed by atoms with Gasteiger partial charge in [-0.15, -0.1) is 0 Å². The maximum atomic E-state index is 12.0. The average Bonchev–Trinajstić information content (AvgIpc) is 2.54. The number of carbonyl (C=O) groups excluding carboxylic acids is 1. The van der Waals surface area contributed by atoms with E-state index in [-0.39, 0.29) is 5.88 Å². The fourth-order valence-corrected chi connectivity index (χ4v) is 2.32. The van der Waals surface area contributed by atoms with E-state index in [1.54, 1.807) is 18.3 Å². The number of esters is 1. The number of pyridine rings is 1. The van der Waals surface area contributed by atoms with Crippen LogP contribution in [0.5, 0.6) is 5.88 Å². The van der Waals surface area contributed by atoms with Crippen LogP contribution in [0.2, 0.25) is 0 Å². The van der Waals surface area contributed by atoms with E-state index in [0.717, 1.165) is 10.9 Å². The minimum atomic E-state index is -0.402. The highest BCUT2D eigenvalue weighted by Gasteiger charge is 2.09. The zero-order valence-corrected chi connectivity index (χ0v) is 14.2. The molecule has 0 unspecified atom stereocenters. The summed E-state index contributed by atoms with van der Waals surface area (Å²) >= 11 is 3.24. The first-order valence-electron chi connectivity index (χ1n) is 7.53. The number of aryl methyl sites for hydroxylation is 1. The normalized spacial score (nSPS) is 10.5. The van der Waals surface area contributed by atoms with Gasteiger partial charge in [0, 0.05) is 22.8 Å². The van der Waals surface area contributed by atoms with Crippen molar-refractivity contribution in [1.82, 2.24) is 4.98 Å². The lowest BCUT2D eigenvalue weighted by molar-refractivity contribution is 0.0727. The first-order chi connectivity index (χ1) is 10.7. The van der Waals surface area contributed by atoms with Crippen LogP contribution >= 0.6 is 15.9 Å². The minimum absolute atomic E-state index is 0.247. The Kier molecular flexibility index (Phi) is 6.59. The number of hydrogen-bond acceptors (Lipinski definition) is 3. The van der Waals surface area contributed by atoms with Crippen molar-refractivity contribution in [3.8, 4) is 5.88 Å². The second-order valence-corrected chi connectivity index (χ2v) is 5.98. The van der Waals surface area contributed by atoms with Crippen molar-refractivity contribution in [2.24, 2.45) is 0 Å². The third-order valence-electron chi connectivity index (χ3n) is 3.34. The second kappa shape index (κ2) is 8.69. The quantitative estimate of drug-likeness (QED) is 0.515. The number of halogens is 1. The molecule has 2 rings (SSSR count). The topological polar surface area (TPSA) is 39.2 Å². The van der Waals surface area contributed by atoms with E-state index in [0.29, 0.717) is 5.56 Å². The molecule has 0 aliphatic rings.